The van der Waals surface area contributed by atoms with Crippen molar-refractivity contribution in [3.63, 3.8) is 0 Å². The Bertz CT molecular complexity index is 560. The number of rotatable bonds is 0. The van der Waals surface area contributed by atoms with E-state index in [0.717, 1.165) is 0 Å². The molecule has 0 radical (unpaired) electrons. The Hall–Kier alpha value is -1.28. The predicted molar refractivity (Wildman–Crippen MR) is 63.2 cm³/mol. The summed E-state index contributed by atoms with van der Waals surface area (Å²) in [5, 5.41) is 2.67. The molecule has 1 aromatic carbocycles. The molecule has 0 amide bonds. The van der Waals surface area contributed by atoms with Crippen molar-refractivity contribution in [1.82, 2.24) is 4.98 Å². The van der Waals surface area contributed by atoms with Crippen molar-refractivity contribution in [1.29, 1.82) is 0 Å². The summed E-state index contributed by atoms with van der Waals surface area (Å²) in [6.45, 7) is 4.26. The highest BCUT2D eigenvalue weighted by molar-refractivity contribution is 7.19. The molecule has 1 nitrogen and oxygen atoms in total. The van der Waals surface area contributed by atoms with Crippen molar-refractivity contribution < 1.29 is 0 Å². The van der Waals surface area contributed by atoms with Gasteiger partial charge in [0.25, 0.3) is 0 Å². The van der Waals surface area contributed by atoms with Crippen molar-refractivity contribution in [3.05, 3.63) is 34.8 Å². The van der Waals surface area contributed by atoms with Gasteiger partial charge in [-0.1, -0.05) is 6.07 Å². The van der Waals surface area contributed by atoms with Crippen molar-refractivity contribution >= 4 is 32.3 Å². The second-order valence-electron chi connectivity index (χ2n) is 3.75. The molecular weight excluding hydrogens is 190 g/mol. The molecule has 2 aromatic heterocycles. The van der Waals surface area contributed by atoms with Crippen LogP contribution in [0.1, 0.15) is 10.6 Å². The summed E-state index contributed by atoms with van der Waals surface area (Å²) in [5.41, 5.74) is 2.51. The van der Waals surface area contributed by atoms with Gasteiger partial charge in [0.1, 0.15) is 0 Å². The minimum atomic E-state index is 1.23. The number of nitrogens with one attached hydrogen (secondary N) is 1. The number of thiophene rings is 1. The minimum absolute atomic E-state index is 1.23. The Kier molecular flexibility index (Phi) is 1.50. The van der Waals surface area contributed by atoms with Gasteiger partial charge in [0, 0.05) is 26.0 Å². The zero-order valence-electron chi connectivity index (χ0n) is 8.22. The number of hydrogen-bond donors (Lipinski definition) is 1. The number of aryl methyl sites for hydroxylation is 2. The van der Waals surface area contributed by atoms with Gasteiger partial charge in [-0.2, -0.15) is 0 Å². The van der Waals surface area contributed by atoms with E-state index >= 15 is 0 Å². The molecule has 0 aliphatic heterocycles. The standard InChI is InChI=1S/C12H11NS/c1-7-5-9-3-4-11-10(12(9)13-7)6-8(2)14-11/h3-6,13H,1-2H3. The number of H-pyrrole nitrogens is 1. The Labute approximate surface area is 86.4 Å². The lowest BCUT2D eigenvalue weighted by molar-refractivity contribution is 1.31. The molecule has 0 spiro atoms. The molecule has 0 saturated carbocycles. The quantitative estimate of drug-likeness (QED) is 0.566. The smallest absolute Gasteiger partial charge is 0.0544 e. The van der Waals surface area contributed by atoms with Crippen LogP contribution in [-0.2, 0) is 0 Å². The summed E-state index contributed by atoms with van der Waals surface area (Å²) in [4.78, 5) is 4.80. The molecule has 1 N–H and O–H groups in total. The average Bonchev–Trinajstić information content (AvgIpc) is 2.65. The zero-order chi connectivity index (χ0) is 9.71. The number of benzene rings is 1. The average molecular weight is 201 g/mol. The topological polar surface area (TPSA) is 15.8 Å². The molecule has 2 heteroatoms. The SMILES string of the molecule is Cc1cc2ccc3sc(C)cc3c2[nH]1. The summed E-state index contributed by atoms with van der Waals surface area (Å²) >= 11 is 1.86. The Morgan fingerprint density at radius 2 is 2.00 bits per heavy atom. The van der Waals surface area contributed by atoms with Crippen LogP contribution in [0.25, 0.3) is 21.0 Å². The van der Waals surface area contributed by atoms with Crippen LogP contribution < -0.4 is 0 Å². The van der Waals surface area contributed by atoms with Crippen LogP contribution in [0, 0.1) is 13.8 Å². The molecule has 14 heavy (non-hydrogen) atoms. The van der Waals surface area contributed by atoms with E-state index in [0.29, 0.717) is 0 Å². The molecule has 0 aliphatic rings. The largest absolute Gasteiger partial charge is 0.358 e. The maximum Gasteiger partial charge on any atom is 0.0544 e. The van der Waals surface area contributed by atoms with Crippen LogP contribution in [0.5, 0.6) is 0 Å². The van der Waals surface area contributed by atoms with Gasteiger partial charge >= 0.3 is 0 Å². The molecule has 70 valence electrons. The van der Waals surface area contributed by atoms with Gasteiger partial charge in [0.2, 0.25) is 0 Å². The van der Waals surface area contributed by atoms with Crippen LogP contribution in [0.15, 0.2) is 24.3 Å². The van der Waals surface area contributed by atoms with Gasteiger partial charge in [0.15, 0.2) is 0 Å². The zero-order valence-corrected chi connectivity index (χ0v) is 9.03. The second kappa shape index (κ2) is 2.61. The minimum Gasteiger partial charge on any atom is -0.358 e. The number of hydrogen-bond acceptors (Lipinski definition) is 1. The highest BCUT2D eigenvalue weighted by Crippen LogP contribution is 2.31. The molecule has 0 aliphatic carbocycles. The van der Waals surface area contributed by atoms with Crippen molar-refractivity contribution in [2.75, 3.05) is 0 Å². The van der Waals surface area contributed by atoms with E-state index in [-0.39, 0.29) is 0 Å². The summed E-state index contributed by atoms with van der Waals surface area (Å²) in [5.74, 6) is 0. The fourth-order valence-electron chi connectivity index (χ4n) is 1.98. The van der Waals surface area contributed by atoms with Crippen LogP contribution in [0.4, 0.5) is 0 Å². The first kappa shape index (κ1) is 8.06. The normalized spacial score (nSPS) is 11.6. The first-order valence-electron chi connectivity index (χ1n) is 4.72. The van der Waals surface area contributed by atoms with Gasteiger partial charge in [-0.15, -0.1) is 11.3 Å². The van der Waals surface area contributed by atoms with E-state index in [1.54, 1.807) is 0 Å². The van der Waals surface area contributed by atoms with Crippen LogP contribution in [0.3, 0.4) is 0 Å². The fourth-order valence-corrected chi connectivity index (χ4v) is 2.91. The highest BCUT2D eigenvalue weighted by Gasteiger charge is 2.05. The Balaban J connectivity index is 2.58. The van der Waals surface area contributed by atoms with Crippen molar-refractivity contribution in [3.8, 4) is 0 Å². The van der Waals surface area contributed by atoms with Crippen molar-refractivity contribution in [2.45, 2.75) is 13.8 Å². The number of aromatic amines is 1. The molecule has 0 unspecified atom stereocenters. The second-order valence-corrected chi connectivity index (χ2v) is 5.04. The molecule has 0 atom stereocenters. The first-order valence-corrected chi connectivity index (χ1v) is 5.54. The molecule has 0 fully saturated rings. The van der Waals surface area contributed by atoms with Crippen molar-refractivity contribution in [2.24, 2.45) is 0 Å². The molecule has 2 heterocycles. The Morgan fingerprint density at radius 1 is 1.14 bits per heavy atom. The number of fused-ring (bicyclic) bond motifs is 3. The fraction of sp³-hybridized carbons (Fsp3) is 0.167. The van der Waals surface area contributed by atoms with E-state index in [9.17, 15) is 0 Å². The lowest BCUT2D eigenvalue weighted by Gasteiger charge is -1.91. The lowest BCUT2D eigenvalue weighted by atomic mass is 10.2. The monoisotopic (exact) mass is 201 g/mol. The highest BCUT2D eigenvalue weighted by atomic mass is 32.1. The number of aromatic nitrogens is 1. The third-order valence-electron chi connectivity index (χ3n) is 2.55. The third kappa shape index (κ3) is 1.01. The maximum atomic E-state index is 3.42. The van der Waals surface area contributed by atoms with E-state index in [1.165, 1.54) is 31.6 Å². The van der Waals surface area contributed by atoms with Crippen LogP contribution in [-0.4, -0.2) is 4.98 Å². The Morgan fingerprint density at radius 3 is 2.86 bits per heavy atom. The van der Waals surface area contributed by atoms with E-state index in [4.69, 9.17) is 0 Å². The lowest BCUT2D eigenvalue weighted by Crippen LogP contribution is -1.69. The van der Waals surface area contributed by atoms with Gasteiger partial charge < -0.3 is 4.98 Å². The predicted octanol–water partition coefficient (Wildman–Crippen LogP) is 4.00. The van der Waals surface area contributed by atoms with E-state index in [2.05, 4.69) is 43.1 Å². The van der Waals surface area contributed by atoms with E-state index in [1.807, 2.05) is 11.3 Å². The van der Waals surface area contributed by atoms with Gasteiger partial charge in [-0.05, 0) is 32.0 Å². The molecule has 3 rings (SSSR count). The maximum absolute atomic E-state index is 3.42. The van der Waals surface area contributed by atoms with Crippen LogP contribution >= 0.6 is 11.3 Å². The van der Waals surface area contributed by atoms with E-state index < -0.39 is 0 Å². The van der Waals surface area contributed by atoms with Gasteiger partial charge in [0.05, 0.1) is 5.52 Å². The molecular formula is C12H11NS. The summed E-state index contributed by atoms with van der Waals surface area (Å²) in [7, 11) is 0. The molecule has 3 aromatic rings. The van der Waals surface area contributed by atoms with Gasteiger partial charge in [-0.25, -0.2) is 0 Å². The molecule has 0 saturated heterocycles. The first-order chi connectivity index (χ1) is 6.74. The van der Waals surface area contributed by atoms with Gasteiger partial charge in [-0.3, -0.25) is 0 Å². The molecule has 0 bridgehead atoms. The summed E-state index contributed by atoms with van der Waals surface area (Å²) in [6, 6.07) is 8.86. The third-order valence-corrected chi connectivity index (χ3v) is 3.57. The van der Waals surface area contributed by atoms with Crippen LogP contribution in [0.2, 0.25) is 0 Å². The summed E-state index contributed by atoms with van der Waals surface area (Å²) in [6.07, 6.45) is 0. The summed E-state index contributed by atoms with van der Waals surface area (Å²) < 4.78 is 1.37.